The summed E-state index contributed by atoms with van der Waals surface area (Å²) < 4.78 is 26.7. The van der Waals surface area contributed by atoms with Crippen LogP contribution < -0.4 is 5.32 Å². The van der Waals surface area contributed by atoms with Gasteiger partial charge in [-0.15, -0.1) is 0 Å². The highest BCUT2D eigenvalue weighted by molar-refractivity contribution is 9.10. The maximum absolute atomic E-state index is 13.6. The van der Waals surface area contributed by atoms with Crippen molar-refractivity contribution in [1.82, 2.24) is 4.90 Å². The molecule has 5 nitrogen and oxygen atoms in total. The van der Waals surface area contributed by atoms with E-state index in [0.29, 0.717) is 25.5 Å². The summed E-state index contributed by atoms with van der Waals surface area (Å²) in [7, 11) is 0. The van der Waals surface area contributed by atoms with Gasteiger partial charge in [0.15, 0.2) is 5.82 Å². The Hall–Kier alpha value is -1.70. The molecule has 1 aliphatic rings. The standard InChI is InChI=1S/C13H13BrF2N2O3/c14-9-4-8(15)5-10(16)11(9)17-13(21)18-3-1-2-7(6-18)12(19)20/h4-5,7H,1-3,6H2,(H,17,21)(H,19,20)/t7-/m1/s1. The number of hydrogen-bond donors (Lipinski definition) is 2. The van der Waals surface area contributed by atoms with Gasteiger partial charge in [-0.1, -0.05) is 0 Å². The molecule has 2 N–H and O–H groups in total. The maximum Gasteiger partial charge on any atom is 0.321 e. The van der Waals surface area contributed by atoms with Crippen LogP contribution >= 0.6 is 15.9 Å². The average molecular weight is 363 g/mol. The third kappa shape index (κ3) is 3.69. The average Bonchev–Trinajstić information content (AvgIpc) is 2.42. The number of nitrogens with one attached hydrogen (secondary N) is 1. The molecule has 1 aliphatic heterocycles. The number of rotatable bonds is 2. The van der Waals surface area contributed by atoms with Crippen molar-refractivity contribution in [2.24, 2.45) is 5.92 Å². The summed E-state index contributed by atoms with van der Waals surface area (Å²) in [4.78, 5) is 24.3. The first kappa shape index (κ1) is 15.7. The Morgan fingerprint density at radius 2 is 2.10 bits per heavy atom. The number of likely N-dealkylation sites (tertiary alicyclic amines) is 1. The number of anilines is 1. The van der Waals surface area contributed by atoms with Gasteiger partial charge in [0, 0.05) is 23.6 Å². The molecule has 0 bridgehead atoms. The largest absolute Gasteiger partial charge is 0.481 e. The molecule has 2 rings (SSSR count). The van der Waals surface area contributed by atoms with Crippen LogP contribution in [0.15, 0.2) is 16.6 Å². The van der Waals surface area contributed by atoms with Crippen molar-refractivity contribution in [1.29, 1.82) is 0 Å². The molecule has 8 heteroatoms. The van der Waals surface area contributed by atoms with Crippen molar-refractivity contribution in [3.63, 3.8) is 0 Å². The Labute approximate surface area is 128 Å². The maximum atomic E-state index is 13.6. The molecule has 1 saturated heterocycles. The topological polar surface area (TPSA) is 69.6 Å². The van der Waals surface area contributed by atoms with Crippen molar-refractivity contribution >= 4 is 33.6 Å². The molecular weight excluding hydrogens is 350 g/mol. The van der Waals surface area contributed by atoms with Crippen LogP contribution in [0.3, 0.4) is 0 Å². The first-order valence-electron chi connectivity index (χ1n) is 6.31. The SMILES string of the molecule is O=C(O)[C@@H]1CCCN(C(=O)Nc2c(F)cc(F)cc2Br)C1. The number of amides is 2. The van der Waals surface area contributed by atoms with E-state index in [2.05, 4.69) is 21.2 Å². The zero-order valence-corrected chi connectivity index (χ0v) is 12.5. The Kier molecular flexibility index (Phi) is 4.76. The molecule has 1 heterocycles. The lowest BCUT2D eigenvalue weighted by atomic mass is 9.99. The molecule has 0 unspecified atom stereocenters. The lowest BCUT2D eigenvalue weighted by Crippen LogP contribution is -2.44. The van der Waals surface area contributed by atoms with Crippen LogP contribution in [0.4, 0.5) is 19.3 Å². The van der Waals surface area contributed by atoms with E-state index in [1.54, 1.807) is 0 Å². The molecule has 0 radical (unpaired) electrons. The molecule has 21 heavy (non-hydrogen) atoms. The number of urea groups is 1. The minimum absolute atomic E-state index is 0.0710. The molecule has 1 aromatic carbocycles. The number of hydrogen-bond acceptors (Lipinski definition) is 2. The minimum Gasteiger partial charge on any atom is -0.481 e. The van der Waals surface area contributed by atoms with Crippen molar-refractivity contribution in [3.05, 3.63) is 28.2 Å². The van der Waals surface area contributed by atoms with Gasteiger partial charge in [0.2, 0.25) is 0 Å². The Morgan fingerprint density at radius 1 is 1.38 bits per heavy atom. The summed E-state index contributed by atoms with van der Waals surface area (Å²) in [5.41, 5.74) is -0.168. The predicted octanol–water partition coefficient (Wildman–Crippen LogP) is 3.06. The number of halogens is 3. The second kappa shape index (κ2) is 6.38. The number of carbonyl (C=O) groups is 2. The summed E-state index contributed by atoms with van der Waals surface area (Å²) in [6, 6.07) is 1.10. The van der Waals surface area contributed by atoms with E-state index in [-0.39, 0.29) is 16.7 Å². The van der Waals surface area contributed by atoms with Gasteiger partial charge in [-0.3, -0.25) is 4.79 Å². The van der Waals surface area contributed by atoms with Gasteiger partial charge < -0.3 is 15.3 Å². The third-order valence-electron chi connectivity index (χ3n) is 3.30. The molecule has 0 aromatic heterocycles. The molecule has 0 spiro atoms. The highest BCUT2D eigenvalue weighted by atomic mass is 79.9. The summed E-state index contributed by atoms with van der Waals surface area (Å²) in [6.07, 6.45) is 1.07. The molecule has 1 atom stereocenters. The highest BCUT2D eigenvalue weighted by Gasteiger charge is 2.28. The fourth-order valence-electron chi connectivity index (χ4n) is 2.21. The quantitative estimate of drug-likeness (QED) is 0.849. The van der Waals surface area contributed by atoms with Gasteiger partial charge in [-0.2, -0.15) is 0 Å². The Balaban J connectivity index is 2.10. The molecule has 1 aromatic rings. The van der Waals surface area contributed by atoms with E-state index < -0.39 is 29.6 Å². The normalized spacial score (nSPS) is 18.4. The predicted molar refractivity (Wildman–Crippen MR) is 75.0 cm³/mol. The molecule has 0 aliphatic carbocycles. The molecule has 0 saturated carbocycles. The lowest BCUT2D eigenvalue weighted by molar-refractivity contribution is -0.143. The second-order valence-electron chi connectivity index (χ2n) is 4.80. The van der Waals surface area contributed by atoms with E-state index in [0.717, 1.165) is 6.07 Å². The van der Waals surface area contributed by atoms with Crippen LogP contribution in [-0.2, 0) is 4.79 Å². The van der Waals surface area contributed by atoms with E-state index in [1.165, 1.54) is 4.90 Å². The van der Waals surface area contributed by atoms with Crippen molar-refractivity contribution in [2.45, 2.75) is 12.8 Å². The minimum atomic E-state index is -0.957. The molecule has 1 fully saturated rings. The zero-order valence-electron chi connectivity index (χ0n) is 10.9. The van der Waals surface area contributed by atoms with Crippen LogP contribution in [0.25, 0.3) is 0 Å². The van der Waals surface area contributed by atoms with E-state index in [1.807, 2.05) is 0 Å². The van der Waals surface area contributed by atoms with Crippen molar-refractivity contribution in [2.75, 3.05) is 18.4 Å². The number of aliphatic carboxylic acids is 1. The second-order valence-corrected chi connectivity index (χ2v) is 5.65. The third-order valence-corrected chi connectivity index (χ3v) is 3.92. The van der Waals surface area contributed by atoms with E-state index in [4.69, 9.17) is 5.11 Å². The smallest absolute Gasteiger partial charge is 0.321 e. The monoisotopic (exact) mass is 362 g/mol. The summed E-state index contributed by atoms with van der Waals surface area (Å²) in [5.74, 6) is -3.24. The van der Waals surface area contributed by atoms with Crippen LogP contribution in [0, 0.1) is 17.6 Å². The van der Waals surface area contributed by atoms with Gasteiger partial charge in [0.05, 0.1) is 11.6 Å². The van der Waals surface area contributed by atoms with Crippen LogP contribution in [0.5, 0.6) is 0 Å². The van der Waals surface area contributed by atoms with Crippen molar-refractivity contribution < 1.29 is 23.5 Å². The number of carboxylic acid groups (broad SMARTS) is 1. The number of benzene rings is 1. The van der Waals surface area contributed by atoms with Gasteiger partial charge in [0.25, 0.3) is 0 Å². The van der Waals surface area contributed by atoms with Crippen LogP contribution in [0.1, 0.15) is 12.8 Å². The number of nitrogens with zero attached hydrogens (tertiary/aromatic N) is 1. The first-order chi connectivity index (χ1) is 9.88. The van der Waals surface area contributed by atoms with Gasteiger partial charge in [-0.25, -0.2) is 13.6 Å². The van der Waals surface area contributed by atoms with Crippen LogP contribution in [0.2, 0.25) is 0 Å². The van der Waals surface area contributed by atoms with Gasteiger partial charge >= 0.3 is 12.0 Å². The van der Waals surface area contributed by atoms with E-state index >= 15 is 0 Å². The molecule has 114 valence electrons. The lowest BCUT2D eigenvalue weighted by Gasteiger charge is -2.30. The first-order valence-corrected chi connectivity index (χ1v) is 7.11. The summed E-state index contributed by atoms with van der Waals surface area (Å²) in [5, 5.41) is 11.3. The van der Waals surface area contributed by atoms with Crippen LogP contribution in [-0.4, -0.2) is 35.1 Å². The number of carbonyl (C=O) groups excluding carboxylic acids is 1. The van der Waals surface area contributed by atoms with Crippen molar-refractivity contribution in [3.8, 4) is 0 Å². The summed E-state index contributed by atoms with van der Waals surface area (Å²) >= 11 is 2.98. The fraction of sp³-hybridized carbons (Fsp3) is 0.385. The van der Waals surface area contributed by atoms with E-state index in [9.17, 15) is 18.4 Å². The molecule has 2 amide bonds. The number of carboxylic acids is 1. The number of piperidine rings is 1. The zero-order chi connectivity index (χ0) is 15.6. The Bertz CT molecular complexity index is 560. The Morgan fingerprint density at radius 3 is 2.71 bits per heavy atom. The fourth-order valence-corrected chi connectivity index (χ4v) is 2.72. The highest BCUT2D eigenvalue weighted by Crippen LogP contribution is 2.27. The van der Waals surface area contributed by atoms with Gasteiger partial charge in [0.1, 0.15) is 5.82 Å². The summed E-state index contributed by atoms with van der Waals surface area (Å²) in [6.45, 7) is 0.470. The van der Waals surface area contributed by atoms with Gasteiger partial charge in [-0.05, 0) is 34.8 Å². The molecular formula is C13H13BrF2N2O3.